The number of nitrogens with zero attached hydrogens (tertiary/aromatic N) is 1. The summed E-state index contributed by atoms with van der Waals surface area (Å²) in [5.74, 6) is -0.309. The fourth-order valence-corrected chi connectivity index (χ4v) is 3.55. The van der Waals surface area contributed by atoms with Gasteiger partial charge in [0.15, 0.2) is 0 Å². The van der Waals surface area contributed by atoms with E-state index in [0.717, 1.165) is 44.5 Å². The lowest BCUT2D eigenvalue weighted by Crippen LogP contribution is -2.47. The Bertz CT molecular complexity index is 581. The highest BCUT2D eigenvalue weighted by Gasteiger charge is 2.25. The lowest BCUT2D eigenvalue weighted by Gasteiger charge is -2.26. The van der Waals surface area contributed by atoms with Crippen molar-refractivity contribution in [3.63, 3.8) is 0 Å². The Hall–Kier alpha value is -1.96. The second kappa shape index (κ2) is 10.4. The van der Waals surface area contributed by atoms with Gasteiger partial charge in [0.2, 0.25) is 5.91 Å². The minimum Gasteiger partial charge on any atom is -0.377 e. The van der Waals surface area contributed by atoms with E-state index in [1.165, 1.54) is 0 Å². The van der Waals surface area contributed by atoms with Crippen LogP contribution in [0.4, 0.5) is 4.79 Å². The summed E-state index contributed by atoms with van der Waals surface area (Å²) in [7, 11) is 0. The van der Waals surface area contributed by atoms with Crippen molar-refractivity contribution in [2.75, 3.05) is 32.8 Å². The monoisotopic (exact) mass is 375 g/mol. The highest BCUT2D eigenvalue weighted by molar-refractivity contribution is 5.95. The van der Waals surface area contributed by atoms with Crippen molar-refractivity contribution in [1.29, 1.82) is 0 Å². The molecule has 2 aliphatic heterocycles. The van der Waals surface area contributed by atoms with Crippen molar-refractivity contribution in [2.45, 2.75) is 44.4 Å². The molecule has 7 nitrogen and oxygen atoms in total. The molecule has 2 saturated heterocycles. The average molecular weight is 375 g/mol. The maximum absolute atomic E-state index is 12.3. The zero-order valence-electron chi connectivity index (χ0n) is 15.7. The molecule has 7 heteroatoms. The molecule has 27 heavy (non-hydrogen) atoms. The Kier molecular flexibility index (Phi) is 7.62. The van der Waals surface area contributed by atoms with E-state index in [1.807, 2.05) is 35.2 Å². The van der Waals surface area contributed by atoms with Crippen LogP contribution in [0.5, 0.6) is 0 Å². The SMILES string of the molecule is O=C(CN(C[C@@H]1CCCO1)C[C@@H]1CCCO1)NC(=O)NCc1ccccc1. The summed E-state index contributed by atoms with van der Waals surface area (Å²) < 4.78 is 11.4. The minimum absolute atomic E-state index is 0.158. The molecule has 0 saturated carbocycles. The van der Waals surface area contributed by atoms with Gasteiger partial charge < -0.3 is 14.8 Å². The van der Waals surface area contributed by atoms with Crippen molar-refractivity contribution in [3.8, 4) is 0 Å². The molecule has 1 aromatic rings. The Morgan fingerprint density at radius 3 is 2.19 bits per heavy atom. The number of carbonyl (C=O) groups excluding carboxylic acids is 2. The molecule has 2 heterocycles. The van der Waals surface area contributed by atoms with Crippen molar-refractivity contribution in [2.24, 2.45) is 0 Å². The third kappa shape index (κ3) is 6.93. The summed E-state index contributed by atoms with van der Waals surface area (Å²) in [5, 5.41) is 5.13. The molecule has 2 aliphatic rings. The first-order chi connectivity index (χ1) is 13.2. The summed E-state index contributed by atoms with van der Waals surface area (Å²) >= 11 is 0. The number of urea groups is 1. The molecule has 2 atom stereocenters. The minimum atomic E-state index is -0.474. The number of hydrogen-bond donors (Lipinski definition) is 2. The molecule has 1 aromatic carbocycles. The third-order valence-electron chi connectivity index (χ3n) is 4.89. The quantitative estimate of drug-likeness (QED) is 0.723. The second-order valence-corrected chi connectivity index (χ2v) is 7.18. The van der Waals surface area contributed by atoms with Crippen molar-refractivity contribution < 1.29 is 19.1 Å². The number of imide groups is 1. The molecule has 0 aliphatic carbocycles. The molecule has 0 unspecified atom stereocenters. The standard InChI is InChI=1S/C20H29N3O4/c24-19(22-20(25)21-12-16-6-2-1-3-7-16)15-23(13-17-8-4-10-26-17)14-18-9-5-11-27-18/h1-3,6-7,17-18H,4-5,8-15H2,(H2,21,22,24,25)/t17-,18-/m0/s1. The Morgan fingerprint density at radius 1 is 1.00 bits per heavy atom. The lowest BCUT2D eigenvalue weighted by atomic mass is 10.2. The van der Waals surface area contributed by atoms with Gasteiger partial charge in [-0.25, -0.2) is 4.79 Å². The van der Waals surface area contributed by atoms with Gasteiger partial charge in [-0.05, 0) is 31.2 Å². The Labute approximate surface area is 160 Å². The van der Waals surface area contributed by atoms with Gasteiger partial charge in [0.25, 0.3) is 0 Å². The van der Waals surface area contributed by atoms with Crippen LogP contribution in [0.1, 0.15) is 31.2 Å². The summed E-state index contributed by atoms with van der Waals surface area (Å²) in [6.45, 7) is 3.50. The molecule has 0 bridgehead atoms. The first kappa shape index (κ1) is 19.8. The van der Waals surface area contributed by atoms with Crippen LogP contribution in [0, 0.1) is 0 Å². The maximum Gasteiger partial charge on any atom is 0.321 e. The fourth-order valence-electron chi connectivity index (χ4n) is 3.55. The molecular formula is C20H29N3O4. The van der Waals surface area contributed by atoms with E-state index < -0.39 is 6.03 Å². The lowest BCUT2D eigenvalue weighted by molar-refractivity contribution is -0.121. The van der Waals surface area contributed by atoms with Crippen molar-refractivity contribution in [1.82, 2.24) is 15.5 Å². The first-order valence-corrected chi connectivity index (χ1v) is 9.76. The van der Waals surface area contributed by atoms with Gasteiger partial charge in [0, 0.05) is 32.8 Å². The van der Waals surface area contributed by atoms with Crippen molar-refractivity contribution >= 4 is 11.9 Å². The molecule has 0 spiro atoms. The van der Waals surface area contributed by atoms with Crippen LogP contribution >= 0.6 is 0 Å². The van der Waals surface area contributed by atoms with Crippen LogP contribution in [0.25, 0.3) is 0 Å². The van der Waals surface area contributed by atoms with Gasteiger partial charge in [-0.2, -0.15) is 0 Å². The highest BCUT2D eigenvalue weighted by Crippen LogP contribution is 2.17. The van der Waals surface area contributed by atoms with Crippen LogP contribution in [-0.2, 0) is 20.8 Å². The summed E-state index contributed by atoms with van der Waals surface area (Å²) in [6, 6.07) is 9.12. The van der Waals surface area contributed by atoms with Crippen LogP contribution < -0.4 is 10.6 Å². The number of amides is 3. The number of rotatable bonds is 8. The predicted octanol–water partition coefficient (Wildman–Crippen LogP) is 1.67. The van der Waals surface area contributed by atoms with E-state index in [9.17, 15) is 9.59 Å². The zero-order chi connectivity index (χ0) is 18.9. The van der Waals surface area contributed by atoms with E-state index >= 15 is 0 Å². The zero-order valence-corrected chi connectivity index (χ0v) is 15.7. The first-order valence-electron chi connectivity index (χ1n) is 9.76. The van der Waals surface area contributed by atoms with Crippen LogP contribution in [0.2, 0.25) is 0 Å². The molecule has 0 aromatic heterocycles. The summed E-state index contributed by atoms with van der Waals surface area (Å²) in [4.78, 5) is 26.4. The van der Waals surface area contributed by atoms with Crippen LogP contribution in [0.15, 0.2) is 30.3 Å². The largest absolute Gasteiger partial charge is 0.377 e. The molecule has 2 N–H and O–H groups in total. The van der Waals surface area contributed by atoms with Gasteiger partial charge in [-0.1, -0.05) is 30.3 Å². The number of ether oxygens (including phenoxy) is 2. The number of carbonyl (C=O) groups is 2. The average Bonchev–Trinajstić information content (AvgIpc) is 3.35. The normalized spacial score (nSPS) is 22.1. The van der Waals surface area contributed by atoms with Gasteiger partial charge in [0.05, 0.1) is 18.8 Å². The summed E-state index contributed by atoms with van der Waals surface area (Å²) in [5.41, 5.74) is 0.985. The van der Waals surface area contributed by atoms with Gasteiger partial charge in [-0.3, -0.25) is 15.0 Å². The number of nitrogens with one attached hydrogen (secondary N) is 2. The van der Waals surface area contributed by atoms with Crippen LogP contribution in [0.3, 0.4) is 0 Å². The molecular weight excluding hydrogens is 346 g/mol. The molecule has 3 amide bonds. The molecule has 3 rings (SSSR count). The van der Waals surface area contributed by atoms with E-state index in [1.54, 1.807) is 0 Å². The van der Waals surface area contributed by atoms with E-state index in [2.05, 4.69) is 10.6 Å². The van der Waals surface area contributed by atoms with Gasteiger partial charge in [-0.15, -0.1) is 0 Å². The fraction of sp³-hybridized carbons (Fsp3) is 0.600. The number of hydrogen-bond acceptors (Lipinski definition) is 5. The maximum atomic E-state index is 12.3. The van der Waals surface area contributed by atoms with E-state index in [0.29, 0.717) is 19.6 Å². The third-order valence-corrected chi connectivity index (χ3v) is 4.89. The van der Waals surface area contributed by atoms with Gasteiger partial charge in [0.1, 0.15) is 0 Å². The van der Waals surface area contributed by atoms with Crippen molar-refractivity contribution in [3.05, 3.63) is 35.9 Å². The predicted molar refractivity (Wildman–Crippen MR) is 101 cm³/mol. The summed E-state index contributed by atoms with van der Waals surface area (Å²) in [6.07, 6.45) is 4.47. The highest BCUT2D eigenvalue weighted by atomic mass is 16.5. The molecule has 148 valence electrons. The Balaban J connectivity index is 1.44. The van der Waals surface area contributed by atoms with Crippen LogP contribution in [-0.4, -0.2) is 61.9 Å². The number of benzene rings is 1. The molecule has 2 fully saturated rings. The topological polar surface area (TPSA) is 79.9 Å². The van der Waals surface area contributed by atoms with E-state index in [4.69, 9.17) is 9.47 Å². The van der Waals surface area contributed by atoms with E-state index in [-0.39, 0.29) is 24.7 Å². The second-order valence-electron chi connectivity index (χ2n) is 7.18. The van der Waals surface area contributed by atoms with Gasteiger partial charge >= 0.3 is 6.03 Å². The Morgan fingerprint density at radius 2 is 1.63 bits per heavy atom. The molecule has 0 radical (unpaired) electrons. The smallest absolute Gasteiger partial charge is 0.321 e.